The third-order valence-corrected chi connectivity index (χ3v) is 6.33. The number of aliphatic hydroxyl groups is 1. The van der Waals surface area contributed by atoms with Crippen LogP contribution in [0.15, 0.2) is 18.2 Å². The molecule has 0 saturated carbocycles. The van der Waals surface area contributed by atoms with Crippen molar-refractivity contribution in [2.75, 3.05) is 34.2 Å². The van der Waals surface area contributed by atoms with E-state index in [1.165, 1.54) is 11.1 Å². The summed E-state index contributed by atoms with van der Waals surface area (Å²) in [6.45, 7) is 7.79. The zero-order chi connectivity index (χ0) is 28.5. The van der Waals surface area contributed by atoms with Gasteiger partial charge in [0.2, 0.25) is 5.91 Å². The first-order chi connectivity index (χ1) is 17.1. The van der Waals surface area contributed by atoms with E-state index in [1.54, 1.807) is 11.3 Å². The molecule has 2 rings (SSSR count). The second-order valence-electron chi connectivity index (χ2n) is 9.10. The molecule has 1 heterocycles. The largest absolute Gasteiger partial charge is 0.481 e. The van der Waals surface area contributed by atoms with Crippen LogP contribution in [0.5, 0.6) is 0 Å². The minimum absolute atomic E-state index is 0.145. The number of carbonyl (C=O) groups excluding carboxylic acids is 1. The van der Waals surface area contributed by atoms with Crippen LogP contribution in [0, 0.1) is 20.8 Å². The first-order valence-electron chi connectivity index (χ1n) is 11.4. The highest BCUT2D eigenvalue weighted by molar-refractivity contribution is 7.12. The molecule has 1 aromatic carbocycles. The molecule has 0 aliphatic carbocycles. The molecule has 0 atom stereocenters. The normalized spacial score (nSPS) is 11.0. The van der Waals surface area contributed by atoms with Crippen LogP contribution in [-0.2, 0) is 25.6 Å². The van der Waals surface area contributed by atoms with Gasteiger partial charge in [0, 0.05) is 30.6 Å². The SMILES string of the molecule is Cc1ccc(C)c(-c2nc(C)sc2CC(=O)N(C)CCN(C)C)c1.O=C(O)CC(O)(CC(=O)O)C(=O)O. The fraction of sp³-hybridized carbons (Fsp3) is 0.480. The van der Waals surface area contributed by atoms with Crippen LogP contribution in [0.1, 0.15) is 33.9 Å². The summed E-state index contributed by atoms with van der Waals surface area (Å²) in [6, 6.07) is 6.39. The number of hydrogen-bond donors (Lipinski definition) is 4. The molecular weight excluding hydrogens is 502 g/mol. The quantitative estimate of drug-likeness (QED) is 0.333. The molecule has 0 fully saturated rings. The third-order valence-electron chi connectivity index (χ3n) is 5.36. The van der Waals surface area contributed by atoms with Crippen molar-refractivity contribution in [3.05, 3.63) is 39.2 Å². The van der Waals surface area contributed by atoms with Crippen LogP contribution in [0.3, 0.4) is 0 Å². The number of thiazole rings is 1. The summed E-state index contributed by atoms with van der Waals surface area (Å²) in [5.41, 5.74) is 1.77. The summed E-state index contributed by atoms with van der Waals surface area (Å²) in [5, 5.41) is 34.8. The maximum atomic E-state index is 12.6. The molecule has 0 bridgehead atoms. The van der Waals surface area contributed by atoms with E-state index in [-0.39, 0.29) is 5.91 Å². The molecule has 1 amide bonds. The number of aromatic nitrogens is 1. The van der Waals surface area contributed by atoms with Gasteiger partial charge in [0.25, 0.3) is 0 Å². The van der Waals surface area contributed by atoms with Gasteiger partial charge < -0.3 is 30.2 Å². The first kappa shape index (κ1) is 31.7. The Labute approximate surface area is 220 Å². The van der Waals surface area contributed by atoms with Crippen molar-refractivity contribution in [3.63, 3.8) is 0 Å². The van der Waals surface area contributed by atoms with Crippen molar-refractivity contribution in [3.8, 4) is 11.3 Å². The molecule has 4 N–H and O–H groups in total. The molecule has 0 aliphatic heterocycles. The highest BCUT2D eigenvalue weighted by atomic mass is 32.1. The average Bonchev–Trinajstić information content (AvgIpc) is 3.12. The molecule has 0 unspecified atom stereocenters. The number of carboxylic acids is 3. The first-order valence-corrected chi connectivity index (χ1v) is 12.2. The Morgan fingerprint density at radius 2 is 1.51 bits per heavy atom. The average molecular weight is 538 g/mol. The Kier molecular flexibility index (Phi) is 11.8. The zero-order valence-electron chi connectivity index (χ0n) is 21.9. The van der Waals surface area contributed by atoms with Crippen molar-refractivity contribution >= 4 is 35.2 Å². The molecule has 1 aromatic heterocycles. The number of carbonyl (C=O) groups is 4. The van der Waals surface area contributed by atoms with Crippen molar-refractivity contribution < 1.29 is 39.6 Å². The van der Waals surface area contributed by atoms with Gasteiger partial charge in [-0.15, -0.1) is 11.3 Å². The second-order valence-corrected chi connectivity index (χ2v) is 10.4. The lowest BCUT2D eigenvalue weighted by Gasteiger charge is -2.19. The van der Waals surface area contributed by atoms with Crippen molar-refractivity contribution in [1.82, 2.24) is 14.8 Å². The number of rotatable bonds is 11. The van der Waals surface area contributed by atoms with E-state index >= 15 is 0 Å². The zero-order valence-corrected chi connectivity index (χ0v) is 22.8. The van der Waals surface area contributed by atoms with E-state index in [0.717, 1.165) is 34.2 Å². The monoisotopic (exact) mass is 537 g/mol. The smallest absolute Gasteiger partial charge is 0.336 e. The van der Waals surface area contributed by atoms with Crippen molar-refractivity contribution in [2.24, 2.45) is 0 Å². The Bertz CT molecular complexity index is 1110. The van der Waals surface area contributed by atoms with Gasteiger partial charge in [-0.2, -0.15) is 0 Å². The summed E-state index contributed by atoms with van der Waals surface area (Å²) in [4.78, 5) is 52.7. The maximum absolute atomic E-state index is 12.6. The van der Waals surface area contributed by atoms with E-state index in [9.17, 15) is 19.2 Å². The van der Waals surface area contributed by atoms with Crippen LogP contribution in [0.25, 0.3) is 11.3 Å². The summed E-state index contributed by atoms with van der Waals surface area (Å²) in [6.07, 6.45) is -1.87. The van der Waals surface area contributed by atoms with Crippen molar-refractivity contribution in [1.29, 1.82) is 0 Å². The van der Waals surface area contributed by atoms with Gasteiger partial charge in [-0.3, -0.25) is 14.4 Å². The van der Waals surface area contributed by atoms with Gasteiger partial charge in [0.15, 0.2) is 5.60 Å². The van der Waals surface area contributed by atoms with Crippen LogP contribution >= 0.6 is 11.3 Å². The molecular formula is C25H35N3O8S. The number of aliphatic carboxylic acids is 3. The van der Waals surface area contributed by atoms with E-state index < -0.39 is 36.4 Å². The van der Waals surface area contributed by atoms with E-state index in [0.29, 0.717) is 6.42 Å². The van der Waals surface area contributed by atoms with E-state index in [4.69, 9.17) is 25.4 Å². The fourth-order valence-electron chi connectivity index (χ4n) is 3.25. The number of likely N-dealkylation sites (N-methyl/N-ethyl adjacent to an activating group) is 2. The number of hydrogen-bond acceptors (Lipinski definition) is 8. The number of benzene rings is 1. The van der Waals surface area contributed by atoms with Gasteiger partial charge in [-0.05, 0) is 46.5 Å². The molecule has 0 spiro atoms. The van der Waals surface area contributed by atoms with Gasteiger partial charge in [0.05, 0.1) is 30.0 Å². The maximum Gasteiger partial charge on any atom is 0.336 e. The fourth-order valence-corrected chi connectivity index (χ4v) is 4.19. The summed E-state index contributed by atoms with van der Waals surface area (Å²) in [7, 11) is 5.91. The van der Waals surface area contributed by atoms with Gasteiger partial charge >= 0.3 is 17.9 Å². The Hall–Kier alpha value is -3.35. The lowest BCUT2D eigenvalue weighted by Crippen LogP contribution is -2.42. The summed E-state index contributed by atoms with van der Waals surface area (Å²) < 4.78 is 0. The summed E-state index contributed by atoms with van der Waals surface area (Å²) >= 11 is 1.62. The van der Waals surface area contributed by atoms with Gasteiger partial charge in [0.1, 0.15) is 0 Å². The molecule has 0 radical (unpaired) electrons. The molecule has 11 nitrogen and oxygen atoms in total. The Morgan fingerprint density at radius 1 is 0.946 bits per heavy atom. The highest BCUT2D eigenvalue weighted by Gasteiger charge is 2.40. The van der Waals surface area contributed by atoms with Crippen LogP contribution in [0.4, 0.5) is 0 Å². The molecule has 0 aliphatic rings. The minimum Gasteiger partial charge on any atom is -0.481 e. The van der Waals surface area contributed by atoms with Crippen LogP contribution < -0.4 is 0 Å². The Balaban J connectivity index is 0.000000448. The van der Waals surface area contributed by atoms with E-state index in [1.807, 2.05) is 33.0 Å². The van der Waals surface area contributed by atoms with Gasteiger partial charge in [-0.1, -0.05) is 17.7 Å². The number of nitrogens with zero attached hydrogens (tertiary/aromatic N) is 3. The summed E-state index contributed by atoms with van der Waals surface area (Å²) in [5.74, 6) is -4.87. The van der Waals surface area contributed by atoms with Crippen LogP contribution in [-0.4, -0.2) is 98.9 Å². The molecule has 204 valence electrons. The Morgan fingerprint density at radius 3 is 2.00 bits per heavy atom. The highest BCUT2D eigenvalue weighted by Crippen LogP contribution is 2.31. The second kappa shape index (κ2) is 13.8. The topological polar surface area (TPSA) is 169 Å². The predicted octanol–water partition coefficient (Wildman–Crippen LogP) is 2.05. The molecule has 12 heteroatoms. The lowest BCUT2D eigenvalue weighted by atomic mass is 9.96. The van der Waals surface area contributed by atoms with E-state index in [2.05, 4.69) is 36.9 Å². The third kappa shape index (κ3) is 10.3. The minimum atomic E-state index is -2.74. The standard InChI is InChI=1S/C19H27N3OS.C6H8O7/c1-13-7-8-14(2)16(11-13)19-17(24-15(3)20-19)12-18(23)22(6)10-9-21(4)5;7-3(8)1-6(13,5(11)12)2-4(9)10/h7-8,11H,9-10,12H2,1-6H3;13H,1-2H2,(H,7,8)(H,9,10)(H,11,12). The van der Waals surface area contributed by atoms with Crippen LogP contribution in [0.2, 0.25) is 0 Å². The van der Waals surface area contributed by atoms with Crippen molar-refractivity contribution in [2.45, 2.75) is 45.6 Å². The predicted molar refractivity (Wildman–Crippen MR) is 139 cm³/mol. The number of carboxylic acid groups (broad SMARTS) is 3. The molecule has 2 aromatic rings. The molecule has 37 heavy (non-hydrogen) atoms. The number of aryl methyl sites for hydroxylation is 3. The molecule has 0 saturated heterocycles. The number of amides is 1. The lowest BCUT2D eigenvalue weighted by molar-refractivity contribution is -0.170. The van der Waals surface area contributed by atoms with Gasteiger partial charge in [-0.25, -0.2) is 9.78 Å².